The number of fused-ring (bicyclic) bond motifs is 1. The van der Waals surface area contributed by atoms with E-state index in [0.29, 0.717) is 33.2 Å². The number of rotatable bonds is 3. The lowest BCUT2D eigenvalue weighted by Crippen LogP contribution is -2.22. The van der Waals surface area contributed by atoms with Gasteiger partial charge in [-0.3, -0.25) is 19.6 Å². The number of hydrogen-bond donors (Lipinski definition) is 1. The fourth-order valence-corrected chi connectivity index (χ4v) is 2.26. The van der Waals surface area contributed by atoms with Crippen LogP contribution in [0.25, 0.3) is 10.8 Å². The Hall–Kier alpha value is -3.17. The van der Waals surface area contributed by atoms with Gasteiger partial charge in [0.2, 0.25) is 0 Å². The maximum atomic E-state index is 12.1. The molecule has 2 aromatic carbocycles. The van der Waals surface area contributed by atoms with Gasteiger partial charge >= 0.3 is 5.97 Å². The Bertz CT molecular complexity index is 874. The van der Waals surface area contributed by atoms with Crippen LogP contribution in [0.15, 0.2) is 30.3 Å². The molecule has 0 aliphatic rings. The van der Waals surface area contributed by atoms with E-state index in [4.69, 9.17) is 4.74 Å². The Balaban J connectivity index is 2.60. The number of amides is 1. The summed E-state index contributed by atoms with van der Waals surface area (Å²) in [6, 6.07) is 8.11. The molecule has 2 aromatic rings. The number of nitrogens with zero attached hydrogens (tertiary/aromatic N) is 1. The molecule has 0 saturated heterocycles. The summed E-state index contributed by atoms with van der Waals surface area (Å²) in [5.74, 6) is 4.51. The summed E-state index contributed by atoms with van der Waals surface area (Å²) in [5.41, 5.74) is 1.10. The van der Waals surface area contributed by atoms with Gasteiger partial charge in [-0.1, -0.05) is 24.0 Å². The van der Waals surface area contributed by atoms with E-state index in [9.17, 15) is 19.6 Å². The number of benzene rings is 2. The standard InChI is InChI=1S/C18H15NO5/c1-12(21)24-10-4-5-13-8-9-14(11-20)17-15(13)6-3-7-16(17)18(22)19(2)23/h3,6-9,11,23H,10H2,1-2H3. The minimum atomic E-state index is -0.631. The van der Waals surface area contributed by atoms with Gasteiger partial charge < -0.3 is 4.74 Å². The molecule has 122 valence electrons. The van der Waals surface area contributed by atoms with E-state index in [1.54, 1.807) is 24.3 Å². The fraction of sp³-hybridized carbons (Fsp3) is 0.167. The van der Waals surface area contributed by atoms with Gasteiger partial charge in [0.05, 0.1) is 5.56 Å². The molecule has 1 N–H and O–H groups in total. The predicted molar refractivity (Wildman–Crippen MR) is 86.7 cm³/mol. The molecule has 24 heavy (non-hydrogen) atoms. The summed E-state index contributed by atoms with van der Waals surface area (Å²) in [5, 5.41) is 10.9. The molecule has 0 aromatic heterocycles. The Morgan fingerprint density at radius 1 is 1.29 bits per heavy atom. The van der Waals surface area contributed by atoms with Gasteiger partial charge in [0.1, 0.15) is 0 Å². The molecule has 0 aliphatic carbocycles. The lowest BCUT2D eigenvalue weighted by molar-refractivity contribution is -0.139. The van der Waals surface area contributed by atoms with Crippen LogP contribution in [0.4, 0.5) is 0 Å². The summed E-state index contributed by atoms with van der Waals surface area (Å²) >= 11 is 0. The fourth-order valence-electron chi connectivity index (χ4n) is 2.26. The summed E-state index contributed by atoms with van der Waals surface area (Å²) in [6.07, 6.45) is 0.645. The topological polar surface area (TPSA) is 83.9 Å². The Kier molecular flexibility index (Phi) is 5.30. The zero-order valence-corrected chi connectivity index (χ0v) is 13.2. The van der Waals surface area contributed by atoms with Crippen LogP contribution < -0.4 is 0 Å². The first-order valence-corrected chi connectivity index (χ1v) is 7.05. The largest absolute Gasteiger partial charge is 0.453 e. The highest BCUT2D eigenvalue weighted by Crippen LogP contribution is 2.26. The molecule has 1 amide bonds. The van der Waals surface area contributed by atoms with Gasteiger partial charge in [-0.2, -0.15) is 0 Å². The van der Waals surface area contributed by atoms with Crippen molar-refractivity contribution in [2.75, 3.05) is 13.7 Å². The molecule has 0 aliphatic heterocycles. The van der Waals surface area contributed by atoms with Crippen LogP contribution >= 0.6 is 0 Å². The second-order valence-electron chi connectivity index (χ2n) is 4.96. The Morgan fingerprint density at radius 3 is 2.67 bits per heavy atom. The van der Waals surface area contributed by atoms with Crippen molar-refractivity contribution < 1.29 is 24.3 Å². The van der Waals surface area contributed by atoms with Gasteiger partial charge in [0, 0.05) is 30.5 Å². The molecule has 0 bridgehead atoms. The average molecular weight is 325 g/mol. The van der Waals surface area contributed by atoms with Crippen LogP contribution in [-0.4, -0.2) is 42.1 Å². The summed E-state index contributed by atoms with van der Waals surface area (Å²) in [6.45, 7) is 1.24. The maximum Gasteiger partial charge on any atom is 0.303 e. The lowest BCUT2D eigenvalue weighted by atomic mass is 9.95. The van der Waals surface area contributed by atoms with E-state index in [-0.39, 0.29) is 12.2 Å². The highest BCUT2D eigenvalue weighted by molar-refractivity contribution is 6.13. The maximum absolute atomic E-state index is 12.1. The van der Waals surface area contributed by atoms with Gasteiger partial charge in [-0.05, 0) is 23.6 Å². The van der Waals surface area contributed by atoms with Gasteiger partial charge in [-0.25, -0.2) is 5.06 Å². The Labute approximate surface area is 138 Å². The van der Waals surface area contributed by atoms with Crippen molar-refractivity contribution in [3.8, 4) is 11.8 Å². The van der Waals surface area contributed by atoms with Crippen molar-refractivity contribution in [2.24, 2.45) is 0 Å². The van der Waals surface area contributed by atoms with Crippen molar-refractivity contribution >= 4 is 28.9 Å². The highest BCUT2D eigenvalue weighted by Gasteiger charge is 2.16. The zero-order valence-electron chi connectivity index (χ0n) is 13.2. The van der Waals surface area contributed by atoms with Crippen LogP contribution in [0.2, 0.25) is 0 Å². The van der Waals surface area contributed by atoms with Crippen LogP contribution in [0.3, 0.4) is 0 Å². The second-order valence-corrected chi connectivity index (χ2v) is 4.96. The molecular formula is C18H15NO5. The number of carbonyl (C=O) groups is 3. The van der Waals surface area contributed by atoms with Gasteiger partial charge in [-0.15, -0.1) is 0 Å². The molecule has 6 nitrogen and oxygen atoms in total. The number of hydroxylamine groups is 2. The van der Waals surface area contributed by atoms with Crippen molar-refractivity contribution in [3.05, 3.63) is 47.0 Å². The van der Waals surface area contributed by atoms with Crippen LogP contribution in [-0.2, 0) is 9.53 Å². The summed E-state index contributed by atoms with van der Waals surface area (Å²) in [7, 11) is 1.21. The third-order valence-corrected chi connectivity index (χ3v) is 3.29. The molecule has 0 fully saturated rings. The first-order chi connectivity index (χ1) is 11.5. The summed E-state index contributed by atoms with van der Waals surface area (Å²) in [4.78, 5) is 34.2. The summed E-state index contributed by atoms with van der Waals surface area (Å²) < 4.78 is 4.75. The number of ether oxygens (including phenoxy) is 1. The Morgan fingerprint density at radius 2 is 2.04 bits per heavy atom. The third-order valence-electron chi connectivity index (χ3n) is 3.29. The van der Waals surface area contributed by atoms with Crippen molar-refractivity contribution in [1.29, 1.82) is 0 Å². The molecule has 0 heterocycles. The van der Waals surface area contributed by atoms with E-state index in [0.717, 1.165) is 0 Å². The molecule has 0 radical (unpaired) electrons. The van der Waals surface area contributed by atoms with E-state index < -0.39 is 11.9 Å². The normalized spacial score (nSPS) is 9.79. The molecule has 0 unspecified atom stereocenters. The van der Waals surface area contributed by atoms with Crippen molar-refractivity contribution in [2.45, 2.75) is 6.92 Å². The van der Waals surface area contributed by atoms with E-state index in [1.807, 2.05) is 0 Å². The molecule has 0 spiro atoms. The monoisotopic (exact) mass is 325 g/mol. The van der Waals surface area contributed by atoms with Crippen molar-refractivity contribution in [3.63, 3.8) is 0 Å². The van der Waals surface area contributed by atoms with Crippen LogP contribution in [0.5, 0.6) is 0 Å². The minimum absolute atomic E-state index is 0.0513. The first-order valence-electron chi connectivity index (χ1n) is 7.05. The second kappa shape index (κ2) is 7.40. The average Bonchev–Trinajstić information content (AvgIpc) is 2.57. The quantitative estimate of drug-likeness (QED) is 0.307. The van der Waals surface area contributed by atoms with Gasteiger partial charge in [0.25, 0.3) is 5.91 Å². The predicted octanol–water partition coefficient (Wildman–Crippen LogP) is 2.03. The molecule has 0 saturated carbocycles. The molecule has 6 heteroatoms. The number of esters is 1. The van der Waals surface area contributed by atoms with Crippen LogP contribution in [0, 0.1) is 11.8 Å². The first kappa shape index (κ1) is 17.2. The third kappa shape index (κ3) is 3.59. The zero-order chi connectivity index (χ0) is 17.7. The van der Waals surface area contributed by atoms with E-state index in [2.05, 4.69) is 11.8 Å². The molecule has 0 atom stereocenters. The number of carbonyl (C=O) groups excluding carboxylic acids is 3. The molecular weight excluding hydrogens is 310 g/mol. The van der Waals surface area contributed by atoms with E-state index >= 15 is 0 Å². The van der Waals surface area contributed by atoms with E-state index in [1.165, 1.54) is 20.0 Å². The van der Waals surface area contributed by atoms with Crippen molar-refractivity contribution in [1.82, 2.24) is 5.06 Å². The smallest absolute Gasteiger partial charge is 0.303 e. The number of hydrogen-bond acceptors (Lipinski definition) is 5. The van der Waals surface area contributed by atoms with Crippen LogP contribution in [0.1, 0.15) is 33.2 Å². The lowest BCUT2D eigenvalue weighted by Gasteiger charge is -2.13. The minimum Gasteiger partial charge on any atom is -0.453 e. The highest BCUT2D eigenvalue weighted by atomic mass is 16.5. The number of aldehydes is 1. The SMILES string of the molecule is CC(=O)OCC#Cc1ccc(C=O)c2c(C(=O)N(C)O)cccc12. The molecule has 2 rings (SSSR count). The van der Waals surface area contributed by atoms with Gasteiger partial charge in [0.15, 0.2) is 12.9 Å².